The molecule has 0 aromatic heterocycles. The Bertz CT molecular complexity index is 544. The topological polar surface area (TPSA) is 54.4 Å². The lowest BCUT2D eigenvalue weighted by atomic mass is 9.95. The van der Waals surface area contributed by atoms with Crippen LogP contribution in [0.1, 0.15) is 12.0 Å². The van der Waals surface area contributed by atoms with E-state index in [1.54, 1.807) is 0 Å². The summed E-state index contributed by atoms with van der Waals surface area (Å²) in [7, 11) is -3.02. The van der Waals surface area contributed by atoms with Crippen molar-refractivity contribution < 1.29 is 17.9 Å². The largest absolute Gasteiger partial charge is 0.392 e. The van der Waals surface area contributed by atoms with Gasteiger partial charge in [0.25, 0.3) is 0 Å². The Labute approximate surface area is 111 Å². The minimum absolute atomic E-state index is 0.00109. The number of hydrogen-bond donors (Lipinski definition) is 1. The third-order valence-electron chi connectivity index (χ3n) is 3.25. The Kier molecular flexibility index (Phi) is 3.94. The van der Waals surface area contributed by atoms with Gasteiger partial charge in [-0.15, -0.1) is 0 Å². The number of benzene rings is 1. The molecule has 6 heteroatoms. The first-order chi connectivity index (χ1) is 8.37. The van der Waals surface area contributed by atoms with Gasteiger partial charge in [-0.05, 0) is 30.2 Å². The van der Waals surface area contributed by atoms with E-state index in [1.807, 2.05) is 0 Å². The number of aliphatic hydroxyl groups is 1. The number of aliphatic hydroxyl groups excluding tert-OH is 1. The van der Waals surface area contributed by atoms with Gasteiger partial charge in [-0.2, -0.15) is 0 Å². The van der Waals surface area contributed by atoms with E-state index >= 15 is 0 Å². The van der Waals surface area contributed by atoms with Gasteiger partial charge in [-0.3, -0.25) is 0 Å². The molecule has 1 aliphatic heterocycles. The first-order valence-electron chi connectivity index (χ1n) is 5.70. The quantitative estimate of drug-likeness (QED) is 0.924. The summed E-state index contributed by atoms with van der Waals surface area (Å²) in [6.45, 7) is 0. The molecule has 3 nitrogen and oxygen atoms in total. The molecular formula is C12H14ClFO3S. The molecule has 2 rings (SSSR count). The molecule has 0 aliphatic carbocycles. The van der Waals surface area contributed by atoms with E-state index in [1.165, 1.54) is 18.2 Å². The van der Waals surface area contributed by atoms with Crippen LogP contribution in [0.5, 0.6) is 0 Å². The molecule has 2 unspecified atom stereocenters. The van der Waals surface area contributed by atoms with Gasteiger partial charge in [-0.25, -0.2) is 12.8 Å². The van der Waals surface area contributed by atoms with Crippen molar-refractivity contribution in [2.24, 2.45) is 5.92 Å². The van der Waals surface area contributed by atoms with E-state index in [2.05, 4.69) is 0 Å². The van der Waals surface area contributed by atoms with Crippen LogP contribution in [0.2, 0.25) is 5.02 Å². The number of sulfone groups is 1. The molecule has 0 amide bonds. The summed E-state index contributed by atoms with van der Waals surface area (Å²) in [5.41, 5.74) is 0.508. The molecule has 0 spiro atoms. The summed E-state index contributed by atoms with van der Waals surface area (Å²) in [5.74, 6) is -0.581. The standard InChI is InChI=1S/C12H14ClFO3S/c13-11-2-1-10(14)5-9(11)6-12(15)8-3-4-18(16,17)7-8/h1-2,5,8,12,15H,3-4,6-7H2. The van der Waals surface area contributed by atoms with E-state index in [9.17, 15) is 17.9 Å². The second kappa shape index (κ2) is 5.15. The molecule has 1 fully saturated rings. The van der Waals surface area contributed by atoms with Crippen LogP contribution in [0.15, 0.2) is 18.2 Å². The van der Waals surface area contributed by atoms with Crippen LogP contribution in [-0.2, 0) is 16.3 Å². The van der Waals surface area contributed by atoms with Gasteiger partial charge in [-0.1, -0.05) is 11.6 Å². The van der Waals surface area contributed by atoms with Gasteiger partial charge < -0.3 is 5.11 Å². The molecule has 0 saturated carbocycles. The molecule has 100 valence electrons. The zero-order chi connectivity index (χ0) is 13.3. The van der Waals surface area contributed by atoms with Crippen molar-refractivity contribution in [1.29, 1.82) is 0 Å². The fourth-order valence-corrected chi connectivity index (χ4v) is 4.28. The molecule has 1 aromatic carbocycles. The van der Waals surface area contributed by atoms with Gasteiger partial charge in [0.15, 0.2) is 9.84 Å². The van der Waals surface area contributed by atoms with Crippen LogP contribution in [0, 0.1) is 11.7 Å². The fourth-order valence-electron chi connectivity index (χ4n) is 2.22. The summed E-state index contributed by atoms with van der Waals surface area (Å²) in [4.78, 5) is 0. The highest BCUT2D eigenvalue weighted by molar-refractivity contribution is 7.91. The lowest BCUT2D eigenvalue weighted by Gasteiger charge is -2.17. The maximum absolute atomic E-state index is 13.1. The zero-order valence-corrected chi connectivity index (χ0v) is 11.2. The maximum Gasteiger partial charge on any atom is 0.150 e. The zero-order valence-electron chi connectivity index (χ0n) is 9.64. The minimum atomic E-state index is -3.02. The van der Waals surface area contributed by atoms with Gasteiger partial charge in [0.2, 0.25) is 0 Å². The van der Waals surface area contributed by atoms with Crippen molar-refractivity contribution in [3.05, 3.63) is 34.6 Å². The summed E-state index contributed by atoms with van der Waals surface area (Å²) in [5, 5.41) is 10.4. The van der Waals surface area contributed by atoms with Gasteiger partial charge in [0, 0.05) is 17.4 Å². The third kappa shape index (κ3) is 3.22. The van der Waals surface area contributed by atoms with Crippen molar-refractivity contribution in [2.45, 2.75) is 18.9 Å². The first-order valence-corrected chi connectivity index (χ1v) is 7.90. The second-order valence-electron chi connectivity index (χ2n) is 4.67. The maximum atomic E-state index is 13.1. The monoisotopic (exact) mass is 292 g/mol. The highest BCUT2D eigenvalue weighted by Crippen LogP contribution is 2.26. The molecular weight excluding hydrogens is 279 g/mol. The smallest absolute Gasteiger partial charge is 0.150 e. The van der Waals surface area contributed by atoms with Gasteiger partial charge >= 0.3 is 0 Å². The SMILES string of the molecule is O=S1(=O)CCC(C(O)Cc2cc(F)ccc2Cl)C1. The van der Waals surface area contributed by atoms with Crippen LogP contribution >= 0.6 is 11.6 Å². The van der Waals surface area contributed by atoms with Gasteiger partial charge in [0.05, 0.1) is 17.6 Å². The molecule has 0 radical (unpaired) electrons. The van der Waals surface area contributed by atoms with Crippen molar-refractivity contribution in [3.63, 3.8) is 0 Å². The predicted molar refractivity (Wildman–Crippen MR) is 67.9 cm³/mol. The van der Waals surface area contributed by atoms with Crippen LogP contribution in [0.3, 0.4) is 0 Å². The molecule has 0 bridgehead atoms. The molecule has 2 atom stereocenters. The van der Waals surface area contributed by atoms with Crippen LogP contribution < -0.4 is 0 Å². The minimum Gasteiger partial charge on any atom is -0.392 e. The summed E-state index contributed by atoms with van der Waals surface area (Å²) in [6, 6.07) is 3.96. The Morgan fingerprint density at radius 2 is 2.22 bits per heavy atom. The summed E-state index contributed by atoms with van der Waals surface area (Å²) < 4.78 is 35.7. The first kappa shape index (κ1) is 13.8. The van der Waals surface area contributed by atoms with Crippen molar-refractivity contribution in [2.75, 3.05) is 11.5 Å². The average molecular weight is 293 g/mol. The van der Waals surface area contributed by atoms with E-state index in [0.29, 0.717) is 17.0 Å². The molecule has 1 heterocycles. The highest BCUT2D eigenvalue weighted by atomic mass is 35.5. The molecule has 1 N–H and O–H groups in total. The van der Waals surface area contributed by atoms with E-state index < -0.39 is 21.8 Å². The number of halogens is 2. The molecule has 1 saturated heterocycles. The second-order valence-corrected chi connectivity index (χ2v) is 7.31. The summed E-state index contributed by atoms with van der Waals surface area (Å²) in [6.07, 6.45) is -0.172. The van der Waals surface area contributed by atoms with Crippen LogP contribution in [-0.4, -0.2) is 31.1 Å². The van der Waals surface area contributed by atoms with Crippen molar-refractivity contribution >= 4 is 21.4 Å². The van der Waals surface area contributed by atoms with E-state index in [4.69, 9.17) is 11.6 Å². The van der Waals surface area contributed by atoms with E-state index in [0.717, 1.165) is 0 Å². The Balaban J connectivity index is 2.08. The number of rotatable bonds is 3. The molecule has 1 aromatic rings. The Morgan fingerprint density at radius 3 is 2.83 bits per heavy atom. The fraction of sp³-hybridized carbons (Fsp3) is 0.500. The van der Waals surface area contributed by atoms with Gasteiger partial charge in [0.1, 0.15) is 5.82 Å². The Morgan fingerprint density at radius 1 is 1.50 bits per heavy atom. The molecule has 1 aliphatic rings. The normalized spacial score (nSPS) is 24.1. The van der Waals surface area contributed by atoms with Crippen LogP contribution in [0.25, 0.3) is 0 Å². The average Bonchev–Trinajstić information content (AvgIpc) is 2.64. The lowest BCUT2D eigenvalue weighted by Crippen LogP contribution is -2.24. The third-order valence-corrected chi connectivity index (χ3v) is 5.41. The highest BCUT2D eigenvalue weighted by Gasteiger charge is 2.33. The number of hydrogen-bond acceptors (Lipinski definition) is 3. The van der Waals surface area contributed by atoms with Crippen molar-refractivity contribution in [3.8, 4) is 0 Å². The van der Waals surface area contributed by atoms with Crippen molar-refractivity contribution in [1.82, 2.24) is 0 Å². The van der Waals surface area contributed by atoms with Crippen LogP contribution in [0.4, 0.5) is 4.39 Å². The van der Waals surface area contributed by atoms with E-state index in [-0.39, 0.29) is 23.8 Å². The lowest BCUT2D eigenvalue weighted by molar-refractivity contribution is 0.120. The Hall–Kier alpha value is -0.650. The predicted octanol–water partition coefficient (Wildman–Crippen LogP) is 1.82. The summed E-state index contributed by atoms with van der Waals surface area (Å²) >= 11 is 5.91. The molecule has 18 heavy (non-hydrogen) atoms.